The van der Waals surface area contributed by atoms with Gasteiger partial charge in [-0.15, -0.1) is 0 Å². The second-order valence-electron chi connectivity index (χ2n) is 4.12. The number of rotatable bonds is 4. The molecule has 0 aliphatic rings. The van der Waals surface area contributed by atoms with Crippen molar-refractivity contribution in [2.45, 2.75) is 20.8 Å². The fourth-order valence-corrected chi connectivity index (χ4v) is 1.57. The normalized spacial score (nSPS) is 10.6. The van der Waals surface area contributed by atoms with E-state index in [1.54, 1.807) is 0 Å². The number of hydrogen-bond acceptors (Lipinski definition) is 2. The predicted molar refractivity (Wildman–Crippen MR) is 67.1 cm³/mol. The van der Waals surface area contributed by atoms with Gasteiger partial charge < -0.3 is 0 Å². The fourth-order valence-electron chi connectivity index (χ4n) is 1.14. The molecule has 0 aromatic heterocycles. The standard InChI is InChI=1S/C12H16BrNO2/c1-8(2)7-16-14-12(15)10-6-9(3)4-5-11(10)13/h4-6,8H,7H2,1-3H3,(H,14,15). The van der Waals surface area contributed by atoms with E-state index in [1.165, 1.54) is 0 Å². The molecule has 0 aliphatic heterocycles. The Morgan fingerprint density at radius 2 is 2.19 bits per heavy atom. The quantitative estimate of drug-likeness (QED) is 0.864. The van der Waals surface area contributed by atoms with Gasteiger partial charge >= 0.3 is 0 Å². The van der Waals surface area contributed by atoms with E-state index in [0.717, 1.165) is 10.0 Å². The van der Waals surface area contributed by atoms with Crippen LogP contribution in [0.2, 0.25) is 0 Å². The summed E-state index contributed by atoms with van der Waals surface area (Å²) < 4.78 is 0.767. The van der Waals surface area contributed by atoms with Crippen molar-refractivity contribution in [3.63, 3.8) is 0 Å². The third-order valence-corrected chi connectivity index (χ3v) is 2.64. The Morgan fingerprint density at radius 3 is 2.81 bits per heavy atom. The van der Waals surface area contributed by atoms with Crippen molar-refractivity contribution < 1.29 is 9.63 Å². The van der Waals surface area contributed by atoms with E-state index < -0.39 is 0 Å². The molecule has 0 aliphatic carbocycles. The maximum atomic E-state index is 11.7. The monoisotopic (exact) mass is 285 g/mol. The molecule has 0 saturated carbocycles. The molecular weight excluding hydrogens is 270 g/mol. The molecule has 1 rings (SSSR count). The van der Waals surface area contributed by atoms with Crippen molar-refractivity contribution in [2.24, 2.45) is 5.92 Å². The number of hydrogen-bond donors (Lipinski definition) is 1. The number of benzene rings is 1. The van der Waals surface area contributed by atoms with E-state index >= 15 is 0 Å². The Kier molecular flexibility index (Phi) is 4.96. The molecule has 1 amide bonds. The van der Waals surface area contributed by atoms with Crippen LogP contribution in [0.4, 0.5) is 0 Å². The van der Waals surface area contributed by atoms with Crippen LogP contribution in [0, 0.1) is 12.8 Å². The van der Waals surface area contributed by atoms with Gasteiger partial charge in [0.05, 0.1) is 12.2 Å². The van der Waals surface area contributed by atoms with Gasteiger partial charge in [-0.25, -0.2) is 5.48 Å². The largest absolute Gasteiger partial charge is 0.275 e. The van der Waals surface area contributed by atoms with E-state index in [4.69, 9.17) is 4.84 Å². The van der Waals surface area contributed by atoms with E-state index in [0.29, 0.717) is 18.1 Å². The summed E-state index contributed by atoms with van der Waals surface area (Å²) in [6, 6.07) is 5.61. The summed E-state index contributed by atoms with van der Waals surface area (Å²) in [5, 5.41) is 0. The van der Waals surface area contributed by atoms with Gasteiger partial charge in [-0.1, -0.05) is 25.5 Å². The first-order valence-corrected chi connectivity index (χ1v) is 5.98. The Bertz CT molecular complexity index is 377. The molecule has 88 valence electrons. The van der Waals surface area contributed by atoms with Gasteiger partial charge in [-0.3, -0.25) is 9.63 Å². The Labute approximate surface area is 104 Å². The van der Waals surface area contributed by atoms with Crippen LogP contribution in [-0.4, -0.2) is 12.5 Å². The lowest BCUT2D eigenvalue weighted by atomic mass is 10.1. The maximum Gasteiger partial charge on any atom is 0.275 e. The minimum Gasteiger partial charge on any atom is -0.273 e. The molecule has 0 saturated heterocycles. The van der Waals surface area contributed by atoms with Crippen LogP contribution in [-0.2, 0) is 4.84 Å². The highest BCUT2D eigenvalue weighted by atomic mass is 79.9. The molecule has 4 heteroatoms. The van der Waals surface area contributed by atoms with Gasteiger partial charge in [0, 0.05) is 4.47 Å². The first-order chi connectivity index (χ1) is 7.50. The SMILES string of the molecule is Cc1ccc(Br)c(C(=O)NOCC(C)C)c1. The Balaban J connectivity index is 2.62. The van der Waals surface area contributed by atoms with Gasteiger partial charge in [-0.05, 0) is 40.9 Å². The summed E-state index contributed by atoms with van der Waals surface area (Å²) in [5.74, 6) is 0.164. The molecule has 0 spiro atoms. The smallest absolute Gasteiger partial charge is 0.273 e. The summed E-state index contributed by atoms with van der Waals surface area (Å²) in [7, 11) is 0. The molecule has 1 N–H and O–H groups in total. The summed E-state index contributed by atoms with van der Waals surface area (Å²) in [4.78, 5) is 16.8. The maximum absolute atomic E-state index is 11.7. The van der Waals surface area contributed by atoms with Crippen molar-refractivity contribution in [2.75, 3.05) is 6.61 Å². The topological polar surface area (TPSA) is 38.3 Å². The first kappa shape index (κ1) is 13.2. The highest BCUT2D eigenvalue weighted by molar-refractivity contribution is 9.10. The number of halogens is 1. The van der Waals surface area contributed by atoms with Crippen LogP contribution in [0.3, 0.4) is 0 Å². The van der Waals surface area contributed by atoms with Crippen LogP contribution in [0.15, 0.2) is 22.7 Å². The minimum absolute atomic E-state index is 0.226. The third kappa shape index (κ3) is 3.94. The summed E-state index contributed by atoms with van der Waals surface area (Å²) in [5.41, 5.74) is 4.06. The molecule has 0 bridgehead atoms. The second-order valence-corrected chi connectivity index (χ2v) is 4.97. The molecule has 0 atom stereocenters. The van der Waals surface area contributed by atoms with Crippen LogP contribution in [0.5, 0.6) is 0 Å². The Morgan fingerprint density at radius 1 is 1.50 bits per heavy atom. The Hall–Kier alpha value is -0.870. The van der Waals surface area contributed by atoms with E-state index in [-0.39, 0.29) is 5.91 Å². The van der Waals surface area contributed by atoms with Gasteiger partial charge in [0.15, 0.2) is 0 Å². The van der Waals surface area contributed by atoms with Crippen molar-refractivity contribution in [1.82, 2.24) is 5.48 Å². The van der Waals surface area contributed by atoms with Crippen molar-refractivity contribution in [1.29, 1.82) is 0 Å². The van der Waals surface area contributed by atoms with Crippen LogP contribution in [0.1, 0.15) is 29.8 Å². The lowest BCUT2D eigenvalue weighted by Crippen LogP contribution is -2.26. The zero-order valence-electron chi connectivity index (χ0n) is 9.71. The minimum atomic E-state index is -0.226. The van der Waals surface area contributed by atoms with Gasteiger partial charge in [0.1, 0.15) is 0 Å². The molecule has 0 unspecified atom stereocenters. The van der Waals surface area contributed by atoms with Crippen LogP contribution in [0.25, 0.3) is 0 Å². The lowest BCUT2D eigenvalue weighted by Gasteiger charge is -2.09. The highest BCUT2D eigenvalue weighted by Crippen LogP contribution is 2.17. The number of aryl methyl sites for hydroxylation is 1. The van der Waals surface area contributed by atoms with Crippen LogP contribution >= 0.6 is 15.9 Å². The third-order valence-electron chi connectivity index (χ3n) is 1.95. The summed E-state index contributed by atoms with van der Waals surface area (Å²) in [6.45, 7) is 6.50. The molecule has 0 heterocycles. The number of amides is 1. The van der Waals surface area contributed by atoms with Crippen molar-refractivity contribution >= 4 is 21.8 Å². The number of nitrogens with one attached hydrogen (secondary N) is 1. The number of hydroxylamine groups is 1. The molecule has 3 nitrogen and oxygen atoms in total. The summed E-state index contributed by atoms with van der Waals surface area (Å²) >= 11 is 3.34. The highest BCUT2D eigenvalue weighted by Gasteiger charge is 2.10. The van der Waals surface area contributed by atoms with Gasteiger partial charge in [-0.2, -0.15) is 0 Å². The number of carbonyl (C=O) groups excluding carboxylic acids is 1. The molecular formula is C12H16BrNO2. The predicted octanol–water partition coefficient (Wildman–Crippen LogP) is 3.07. The van der Waals surface area contributed by atoms with E-state index in [2.05, 4.69) is 21.4 Å². The molecule has 1 aromatic rings. The van der Waals surface area contributed by atoms with E-state index in [1.807, 2.05) is 39.0 Å². The van der Waals surface area contributed by atoms with Gasteiger partial charge in [0.2, 0.25) is 0 Å². The molecule has 0 radical (unpaired) electrons. The molecule has 16 heavy (non-hydrogen) atoms. The molecule has 0 fully saturated rings. The fraction of sp³-hybridized carbons (Fsp3) is 0.417. The first-order valence-electron chi connectivity index (χ1n) is 5.19. The van der Waals surface area contributed by atoms with Crippen molar-refractivity contribution in [3.8, 4) is 0 Å². The lowest BCUT2D eigenvalue weighted by molar-refractivity contribution is 0.0208. The average molecular weight is 286 g/mol. The average Bonchev–Trinajstić information content (AvgIpc) is 2.21. The second kappa shape index (κ2) is 6.01. The van der Waals surface area contributed by atoms with Gasteiger partial charge in [0.25, 0.3) is 5.91 Å². The number of carbonyl (C=O) groups is 1. The summed E-state index contributed by atoms with van der Waals surface area (Å²) in [6.07, 6.45) is 0. The van der Waals surface area contributed by atoms with E-state index in [9.17, 15) is 4.79 Å². The zero-order chi connectivity index (χ0) is 12.1. The molecule has 1 aromatic carbocycles. The van der Waals surface area contributed by atoms with Crippen molar-refractivity contribution in [3.05, 3.63) is 33.8 Å². The zero-order valence-corrected chi connectivity index (χ0v) is 11.3. The van der Waals surface area contributed by atoms with Crippen LogP contribution < -0.4 is 5.48 Å².